The van der Waals surface area contributed by atoms with Crippen molar-refractivity contribution < 1.29 is 0 Å². The van der Waals surface area contributed by atoms with Crippen molar-refractivity contribution in [1.29, 1.82) is 0 Å². The van der Waals surface area contributed by atoms with Crippen LogP contribution in [0, 0.1) is 5.92 Å². The molecule has 0 amide bonds. The summed E-state index contributed by atoms with van der Waals surface area (Å²) < 4.78 is 0. The average Bonchev–Trinajstić information content (AvgIpc) is 2.87. The number of nitrogen functional groups attached to an aromatic ring is 1. The van der Waals surface area contributed by atoms with E-state index in [1.807, 2.05) is 12.1 Å². The number of halogens is 1. The maximum atomic E-state index is 5.75. The minimum atomic E-state index is 0. The van der Waals surface area contributed by atoms with Crippen LogP contribution in [0.3, 0.4) is 0 Å². The van der Waals surface area contributed by atoms with E-state index in [-0.39, 0.29) is 24.0 Å². The first-order valence-electron chi connectivity index (χ1n) is 7.90. The van der Waals surface area contributed by atoms with Gasteiger partial charge in [0.1, 0.15) is 0 Å². The van der Waals surface area contributed by atoms with Crippen molar-refractivity contribution in [1.82, 2.24) is 4.90 Å². The van der Waals surface area contributed by atoms with Gasteiger partial charge in [-0.2, -0.15) is 0 Å². The number of benzene rings is 1. The highest BCUT2D eigenvalue weighted by Gasteiger charge is 2.21. The predicted molar refractivity (Wildman–Crippen MR) is 104 cm³/mol. The molecule has 0 aliphatic carbocycles. The lowest BCUT2D eigenvalue weighted by Crippen LogP contribution is -2.19. The molecule has 1 aliphatic rings. The van der Waals surface area contributed by atoms with Crippen LogP contribution in [0.15, 0.2) is 24.3 Å². The van der Waals surface area contributed by atoms with Crippen molar-refractivity contribution in [3.63, 3.8) is 0 Å². The maximum absolute atomic E-state index is 5.75. The zero-order chi connectivity index (χ0) is 14.4. The monoisotopic (exact) mass is 403 g/mol. The van der Waals surface area contributed by atoms with E-state index in [0.717, 1.165) is 11.6 Å². The average molecular weight is 403 g/mol. The van der Waals surface area contributed by atoms with Gasteiger partial charge in [0.05, 0.1) is 0 Å². The Bertz CT molecular complexity index is 392. The Labute approximate surface area is 146 Å². The van der Waals surface area contributed by atoms with Crippen molar-refractivity contribution in [2.45, 2.75) is 32.1 Å². The van der Waals surface area contributed by atoms with Crippen molar-refractivity contribution in [2.75, 3.05) is 44.4 Å². The van der Waals surface area contributed by atoms with Gasteiger partial charge in [0.15, 0.2) is 0 Å². The summed E-state index contributed by atoms with van der Waals surface area (Å²) in [6.45, 7) is 3.64. The summed E-state index contributed by atoms with van der Waals surface area (Å²) in [7, 11) is 4.31. The molecule has 0 saturated carbocycles. The molecule has 0 spiro atoms. The SMILES string of the molecule is CN(C)CCCCCC1CCN(c2ccc(N)cc2)C1.I. The number of rotatable bonds is 7. The maximum Gasteiger partial charge on any atom is 0.0367 e. The fraction of sp³-hybridized carbons (Fsp3) is 0.647. The highest BCUT2D eigenvalue weighted by Crippen LogP contribution is 2.27. The van der Waals surface area contributed by atoms with Crippen LogP contribution >= 0.6 is 24.0 Å². The normalized spacial score (nSPS) is 18.0. The number of anilines is 2. The Hall–Kier alpha value is -0.490. The zero-order valence-electron chi connectivity index (χ0n) is 13.4. The Morgan fingerprint density at radius 3 is 2.52 bits per heavy atom. The van der Waals surface area contributed by atoms with E-state index >= 15 is 0 Å². The summed E-state index contributed by atoms with van der Waals surface area (Å²) in [5, 5.41) is 0. The third-order valence-corrected chi connectivity index (χ3v) is 4.26. The van der Waals surface area contributed by atoms with Crippen LogP contribution in [-0.2, 0) is 0 Å². The molecule has 1 aliphatic heterocycles. The van der Waals surface area contributed by atoms with Gasteiger partial charge < -0.3 is 15.5 Å². The third kappa shape index (κ3) is 6.43. The molecule has 1 aromatic rings. The van der Waals surface area contributed by atoms with Crippen LogP contribution in [-0.4, -0.2) is 38.6 Å². The lowest BCUT2D eigenvalue weighted by Gasteiger charge is -2.19. The summed E-state index contributed by atoms with van der Waals surface area (Å²) in [6, 6.07) is 8.30. The number of hydrogen-bond donors (Lipinski definition) is 1. The molecule has 0 bridgehead atoms. The summed E-state index contributed by atoms with van der Waals surface area (Å²) in [4.78, 5) is 4.78. The van der Waals surface area contributed by atoms with E-state index in [0.29, 0.717) is 0 Å². The van der Waals surface area contributed by atoms with Crippen molar-refractivity contribution in [3.8, 4) is 0 Å². The molecule has 120 valence electrons. The quantitative estimate of drug-likeness (QED) is 0.427. The van der Waals surface area contributed by atoms with Gasteiger partial charge in [-0.25, -0.2) is 0 Å². The van der Waals surface area contributed by atoms with Gasteiger partial charge in [0.25, 0.3) is 0 Å². The Kier molecular flexibility index (Phi) is 8.41. The molecule has 2 N–H and O–H groups in total. The second-order valence-electron chi connectivity index (χ2n) is 6.34. The van der Waals surface area contributed by atoms with Gasteiger partial charge >= 0.3 is 0 Å². The molecule has 21 heavy (non-hydrogen) atoms. The van der Waals surface area contributed by atoms with Crippen molar-refractivity contribution in [2.24, 2.45) is 5.92 Å². The highest BCUT2D eigenvalue weighted by atomic mass is 127. The number of nitrogens with two attached hydrogens (primary N) is 1. The van der Waals surface area contributed by atoms with Gasteiger partial charge in [-0.1, -0.05) is 12.8 Å². The minimum absolute atomic E-state index is 0. The molecule has 0 aromatic heterocycles. The first kappa shape index (κ1) is 18.6. The van der Waals surface area contributed by atoms with Crippen LogP contribution in [0.2, 0.25) is 0 Å². The molecule has 1 atom stereocenters. The van der Waals surface area contributed by atoms with E-state index in [1.54, 1.807) is 0 Å². The fourth-order valence-electron chi connectivity index (χ4n) is 3.03. The van der Waals surface area contributed by atoms with E-state index < -0.39 is 0 Å². The van der Waals surface area contributed by atoms with Crippen molar-refractivity contribution >= 4 is 35.4 Å². The van der Waals surface area contributed by atoms with Gasteiger partial charge in [-0.15, -0.1) is 24.0 Å². The predicted octanol–water partition coefficient (Wildman–Crippen LogP) is 3.84. The summed E-state index contributed by atoms with van der Waals surface area (Å²) in [6.07, 6.45) is 6.82. The molecule has 0 radical (unpaired) electrons. The van der Waals surface area contributed by atoms with Crippen molar-refractivity contribution in [3.05, 3.63) is 24.3 Å². The molecule has 3 nitrogen and oxygen atoms in total. The lowest BCUT2D eigenvalue weighted by atomic mass is 10.0. The van der Waals surface area contributed by atoms with E-state index in [1.165, 1.54) is 57.4 Å². The molecule has 4 heteroatoms. The van der Waals surface area contributed by atoms with Gasteiger partial charge in [-0.05, 0) is 70.1 Å². The Morgan fingerprint density at radius 1 is 1.14 bits per heavy atom. The van der Waals surface area contributed by atoms with Crippen LogP contribution in [0.1, 0.15) is 32.1 Å². The second-order valence-corrected chi connectivity index (χ2v) is 6.34. The number of hydrogen-bond acceptors (Lipinski definition) is 3. The van der Waals surface area contributed by atoms with E-state index in [9.17, 15) is 0 Å². The first-order valence-corrected chi connectivity index (χ1v) is 7.90. The Balaban J connectivity index is 0.00000220. The fourth-order valence-corrected chi connectivity index (χ4v) is 3.03. The smallest absolute Gasteiger partial charge is 0.0367 e. The molecule has 1 aromatic carbocycles. The third-order valence-electron chi connectivity index (χ3n) is 4.26. The van der Waals surface area contributed by atoms with E-state index in [4.69, 9.17) is 5.73 Å². The van der Waals surface area contributed by atoms with Crippen LogP contribution in [0.25, 0.3) is 0 Å². The minimum Gasteiger partial charge on any atom is -0.399 e. The Morgan fingerprint density at radius 2 is 1.86 bits per heavy atom. The van der Waals surface area contributed by atoms with Crippen LogP contribution < -0.4 is 10.6 Å². The molecular weight excluding hydrogens is 373 g/mol. The molecule has 1 unspecified atom stereocenters. The summed E-state index contributed by atoms with van der Waals surface area (Å²) in [5.41, 5.74) is 7.93. The molecule has 1 saturated heterocycles. The topological polar surface area (TPSA) is 32.5 Å². The largest absolute Gasteiger partial charge is 0.399 e. The second kappa shape index (κ2) is 9.51. The number of unbranched alkanes of at least 4 members (excludes halogenated alkanes) is 2. The lowest BCUT2D eigenvalue weighted by molar-refractivity contribution is 0.384. The molecule has 2 rings (SSSR count). The summed E-state index contributed by atoms with van der Waals surface area (Å²) >= 11 is 0. The van der Waals surface area contributed by atoms with E-state index in [2.05, 4.69) is 36.0 Å². The standard InChI is InChI=1S/C17H29N3.HI/c1-19(2)12-5-3-4-6-15-11-13-20(14-15)17-9-7-16(18)8-10-17;/h7-10,15H,3-6,11-14,18H2,1-2H3;1H. The molecule has 1 fully saturated rings. The summed E-state index contributed by atoms with van der Waals surface area (Å²) in [5.74, 6) is 0.881. The number of nitrogens with zero attached hydrogens (tertiary/aromatic N) is 2. The zero-order valence-corrected chi connectivity index (χ0v) is 15.8. The van der Waals surface area contributed by atoms with Gasteiger partial charge in [0, 0.05) is 24.5 Å². The first-order chi connectivity index (χ1) is 9.65. The van der Waals surface area contributed by atoms with Gasteiger partial charge in [-0.3, -0.25) is 0 Å². The van der Waals surface area contributed by atoms with Gasteiger partial charge in [0.2, 0.25) is 0 Å². The molecular formula is C17H30IN3. The van der Waals surface area contributed by atoms with Crippen LogP contribution in [0.4, 0.5) is 11.4 Å². The highest BCUT2D eigenvalue weighted by molar-refractivity contribution is 14.0. The molecule has 1 heterocycles. The van der Waals surface area contributed by atoms with Crippen LogP contribution in [0.5, 0.6) is 0 Å².